The van der Waals surface area contributed by atoms with Crippen LogP contribution in [0, 0.1) is 5.92 Å². The number of hydrogen-bond acceptors (Lipinski definition) is 3. The van der Waals surface area contributed by atoms with Crippen LogP contribution in [0.5, 0.6) is 0 Å². The number of carbonyl (C=O) groups excluding carboxylic acids is 1. The van der Waals surface area contributed by atoms with Crippen LogP contribution in [0.2, 0.25) is 0 Å². The topological polar surface area (TPSA) is 47.0 Å². The number of pyridine rings is 1. The Morgan fingerprint density at radius 2 is 1.86 bits per heavy atom. The van der Waals surface area contributed by atoms with E-state index in [0.29, 0.717) is 12.8 Å². The lowest BCUT2D eigenvalue weighted by atomic mass is 9.91. The van der Waals surface area contributed by atoms with E-state index >= 15 is 0 Å². The second kappa shape index (κ2) is 5.19. The van der Waals surface area contributed by atoms with Crippen molar-refractivity contribution in [2.45, 2.75) is 42.4 Å². The monoisotopic (exact) mass is 317 g/mol. The highest BCUT2D eigenvalue weighted by molar-refractivity contribution is 7.86. The maximum atomic E-state index is 13.0. The van der Waals surface area contributed by atoms with E-state index < -0.39 is 39.9 Å². The minimum absolute atomic E-state index is 0.0456. The summed E-state index contributed by atoms with van der Waals surface area (Å²) in [6, 6.07) is 2.06. The smallest absolute Gasteiger partial charge is 0.292 e. The molecule has 0 saturated carbocycles. The number of carbonyl (C=O) groups is 1. The maximum Gasteiger partial charge on any atom is 0.418 e. The van der Waals surface area contributed by atoms with Crippen molar-refractivity contribution >= 4 is 16.6 Å². The first kappa shape index (κ1) is 14.7. The summed E-state index contributed by atoms with van der Waals surface area (Å²) in [4.78, 5) is 16.1. The maximum absolute atomic E-state index is 13.0. The number of hydrogen-bond donors (Lipinski definition) is 0. The Labute approximate surface area is 122 Å². The molecule has 114 valence electrons. The Hall–Kier alpha value is -1.24. The first-order chi connectivity index (χ1) is 9.88. The third-order valence-corrected chi connectivity index (χ3v) is 6.45. The molecule has 0 amide bonds. The van der Waals surface area contributed by atoms with Gasteiger partial charge in [-0.3, -0.25) is 14.0 Å². The van der Waals surface area contributed by atoms with Gasteiger partial charge < -0.3 is 0 Å². The predicted molar refractivity (Wildman–Crippen MR) is 71.2 cm³/mol. The summed E-state index contributed by atoms with van der Waals surface area (Å²) in [5.74, 6) is -1.05. The van der Waals surface area contributed by atoms with E-state index in [1.807, 2.05) is 0 Å². The zero-order chi connectivity index (χ0) is 15.2. The SMILES string of the molecule is O=C(c1ncccc1C(F)(F)F)C1CC2CCC(C1)S2=O. The van der Waals surface area contributed by atoms with Gasteiger partial charge >= 0.3 is 6.18 Å². The second-order valence-corrected chi connectivity index (χ2v) is 7.57. The van der Waals surface area contributed by atoms with Gasteiger partial charge in [0.2, 0.25) is 0 Å². The van der Waals surface area contributed by atoms with Crippen LogP contribution in [0.3, 0.4) is 0 Å². The molecule has 2 aliphatic heterocycles. The van der Waals surface area contributed by atoms with Gasteiger partial charge in [-0.1, -0.05) is 0 Å². The average Bonchev–Trinajstić information content (AvgIpc) is 2.66. The Balaban J connectivity index is 1.89. The van der Waals surface area contributed by atoms with E-state index in [1.165, 1.54) is 12.3 Å². The standard InChI is InChI=1S/C14H14F3NO2S/c15-14(16,17)11-2-1-5-18-12(11)13(19)8-6-9-3-4-10(7-8)21(9)20/h1-2,5,8-10H,3-4,6-7H2. The molecule has 0 radical (unpaired) electrons. The lowest BCUT2D eigenvalue weighted by molar-refractivity contribution is -0.138. The zero-order valence-electron chi connectivity index (χ0n) is 11.1. The van der Waals surface area contributed by atoms with E-state index in [2.05, 4.69) is 4.98 Å². The molecule has 2 saturated heterocycles. The van der Waals surface area contributed by atoms with E-state index in [0.717, 1.165) is 18.9 Å². The number of aromatic nitrogens is 1. The van der Waals surface area contributed by atoms with Crippen molar-refractivity contribution in [3.8, 4) is 0 Å². The molecule has 0 aromatic carbocycles. The van der Waals surface area contributed by atoms with Gasteiger partial charge in [0, 0.05) is 33.4 Å². The minimum Gasteiger partial charge on any atom is -0.292 e. The van der Waals surface area contributed by atoms with Gasteiger partial charge in [0.15, 0.2) is 5.78 Å². The van der Waals surface area contributed by atoms with Crippen molar-refractivity contribution in [3.05, 3.63) is 29.6 Å². The highest BCUT2D eigenvalue weighted by Crippen LogP contribution is 2.41. The average molecular weight is 317 g/mol. The van der Waals surface area contributed by atoms with E-state index in [-0.39, 0.29) is 10.5 Å². The van der Waals surface area contributed by atoms with Crippen LogP contribution in [0.25, 0.3) is 0 Å². The summed E-state index contributed by atoms with van der Waals surface area (Å²) in [6.45, 7) is 0. The van der Waals surface area contributed by atoms with E-state index in [4.69, 9.17) is 0 Å². The summed E-state index contributed by atoms with van der Waals surface area (Å²) >= 11 is 0. The van der Waals surface area contributed by atoms with Crippen LogP contribution in [0.4, 0.5) is 13.2 Å². The Kier molecular flexibility index (Phi) is 3.63. The second-order valence-electron chi connectivity index (χ2n) is 5.58. The van der Waals surface area contributed by atoms with Gasteiger partial charge in [-0.2, -0.15) is 13.2 Å². The van der Waals surface area contributed by atoms with Crippen LogP contribution >= 0.6 is 0 Å². The first-order valence-corrected chi connectivity index (χ1v) is 8.11. The van der Waals surface area contributed by atoms with Crippen molar-refractivity contribution in [1.29, 1.82) is 0 Å². The van der Waals surface area contributed by atoms with Gasteiger partial charge in [0.1, 0.15) is 5.69 Å². The molecular weight excluding hydrogens is 303 g/mol. The van der Waals surface area contributed by atoms with Crippen LogP contribution in [0.15, 0.2) is 18.3 Å². The Morgan fingerprint density at radius 1 is 1.24 bits per heavy atom. The molecule has 0 N–H and O–H groups in total. The molecular formula is C14H14F3NO2S. The molecule has 0 aliphatic carbocycles. The molecule has 3 rings (SSSR count). The molecule has 21 heavy (non-hydrogen) atoms. The Bertz CT molecular complexity index is 586. The highest BCUT2D eigenvalue weighted by Gasteiger charge is 2.45. The summed E-state index contributed by atoms with van der Waals surface area (Å²) in [7, 11) is -0.930. The summed E-state index contributed by atoms with van der Waals surface area (Å²) < 4.78 is 50.8. The van der Waals surface area contributed by atoms with Gasteiger partial charge in [0.25, 0.3) is 0 Å². The van der Waals surface area contributed by atoms with Gasteiger partial charge in [-0.05, 0) is 37.8 Å². The number of halogens is 3. The molecule has 3 nitrogen and oxygen atoms in total. The highest BCUT2D eigenvalue weighted by atomic mass is 32.2. The van der Waals surface area contributed by atoms with Gasteiger partial charge in [0.05, 0.1) is 5.56 Å². The van der Waals surface area contributed by atoms with Crippen molar-refractivity contribution in [2.24, 2.45) is 5.92 Å². The molecule has 0 spiro atoms. The molecule has 2 aliphatic rings. The van der Waals surface area contributed by atoms with E-state index in [1.54, 1.807) is 0 Å². The molecule has 2 unspecified atom stereocenters. The number of rotatable bonds is 2. The fourth-order valence-corrected chi connectivity index (χ4v) is 5.40. The van der Waals surface area contributed by atoms with Crippen molar-refractivity contribution in [2.75, 3.05) is 0 Å². The van der Waals surface area contributed by atoms with Crippen LogP contribution in [0.1, 0.15) is 41.7 Å². The molecule has 3 heterocycles. The lowest BCUT2D eigenvalue weighted by Crippen LogP contribution is -2.33. The van der Waals surface area contributed by atoms with Crippen LogP contribution in [-0.4, -0.2) is 25.5 Å². The number of alkyl halides is 3. The fourth-order valence-electron chi connectivity index (χ4n) is 3.27. The minimum atomic E-state index is -4.59. The van der Waals surface area contributed by atoms with Crippen molar-refractivity contribution < 1.29 is 22.2 Å². The fraction of sp³-hybridized carbons (Fsp3) is 0.571. The number of ketones is 1. The zero-order valence-corrected chi connectivity index (χ0v) is 11.9. The number of Topliss-reactive ketones (excluding diaryl/α,β-unsaturated/α-hetero) is 1. The van der Waals surface area contributed by atoms with Crippen LogP contribution in [-0.2, 0) is 17.0 Å². The molecule has 2 bridgehead atoms. The van der Waals surface area contributed by atoms with Crippen molar-refractivity contribution in [1.82, 2.24) is 4.98 Å². The van der Waals surface area contributed by atoms with E-state index in [9.17, 15) is 22.2 Å². The van der Waals surface area contributed by atoms with Crippen LogP contribution < -0.4 is 0 Å². The summed E-state index contributed by atoms with van der Waals surface area (Å²) in [5.41, 5.74) is -1.48. The van der Waals surface area contributed by atoms with Crippen molar-refractivity contribution in [3.63, 3.8) is 0 Å². The predicted octanol–water partition coefficient (Wildman–Crippen LogP) is 2.97. The Morgan fingerprint density at radius 3 is 2.43 bits per heavy atom. The molecule has 1 aromatic heterocycles. The molecule has 1 aromatic rings. The molecule has 2 atom stereocenters. The summed E-state index contributed by atoms with van der Waals surface area (Å²) in [6.07, 6.45) is -0.954. The molecule has 2 fully saturated rings. The normalized spacial score (nSPS) is 32.1. The third kappa shape index (κ3) is 2.63. The largest absolute Gasteiger partial charge is 0.418 e. The summed E-state index contributed by atoms with van der Waals surface area (Å²) in [5, 5.41) is -0.0912. The number of nitrogens with zero attached hydrogens (tertiary/aromatic N) is 1. The molecule has 7 heteroatoms. The number of fused-ring (bicyclic) bond motifs is 2. The third-order valence-electron chi connectivity index (χ3n) is 4.28. The first-order valence-electron chi connectivity index (χ1n) is 6.83. The lowest BCUT2D eigenvalue weighted by Gasteiger charge is -2.26. The van der Waals surface area contributed by atoms with Gasteiger partial charge in [-0.15, -0.1) is 0 Å². The van der Waals surface area contributed by atoms with Gasteiger partial charge in [-0.25, -0.2) is 0 Å². The quantitative estimate of drug-likeness (QED) is 0.788.